The zero-order chi connectivity index (χ0) is 21.1. The van der Waals surface area contributed by atoms with Crippen LogP contribution in [0.3, 0.4) is 0 Å². The molecule has 0 N–H and O–H groups in total. The predicted octanol–water partition coefficient (Wildman–Crippen LogP) is 5.43. The fraction of sp³-hybridized carbons (Fsp3) is 0.538. The Balaban J connectivity index is 1.86. The van der Waals surface area contributed by atoms with Gasteiger partial charge in [-0.2, -0.15) is 0 Å². The van der Waals surface area contributed by atoms with E-state index in [4.69, 9.17) is 18.9 Å². The van der Waals surface area contributed by atoms with Crippen molar-refractivity contribution in [2.24, 2.45) is 0 Å². The van der Waals surface area contributed by atoms with Gasteiger partial charge in [0.2, 0.25) is 0 Å². The fourth-order valence-electron chi connectivity index (χ4n) is 4.16. The minimum absolute atomic E-state index is 0.223. The highest BCUT2D eigenvalue weighted by Gasteiger charge is 2.28. The molecule has 30 heavy (non-hydrogen) atoms. The maximum Gasteiger partial charge on any atom is 0.130 e. The van der Waals surface area contributed by atoms with Crippen molar-refractivity contribution in [1.82, 2.24) is 0 Å². The largest absolute Gasteiger partial charge is 0.490 e. The van der Waals surface area contributed by atoms with Gasteiger partial charge in [0.05, 0.1) is 13.2 Å². The van der Waals surface area contributed by atoms with Gasteiger partial charge >= 0.3 is 0 Å². The predicted molar refractivity (Wildman–Crippen MR) is 120 cm³/mol. The zero-order valence-corrected chi connectivity index (χ0v) is 18.8. The third kappa shape index (κ3) is 4.65. The Labute approximate surface area is 180 Å². The standard InChI is InChI=1S/C26H34O4/c1-5-9-21-17(3)18(4)26(30-16-20-14-28-20)25(22(21)10-6-2)23-11-7-8-12-24(23)29-15-19-13-27-19/h7-8,11-12,19-20H,5-6,9-10,13-16H2,1-4H3. The van der Waals surface area contributed by atoms with Crippen molar-refractivity contribution < 1.29 is 18.9 Å². The molecule has 2 saturated heterocycles. The van der Waals surface area contributed by atoms with Gasteiger partial charge in [-0.3, -0.25) is 0 Å². The molecular formula is C26H34O4. The summed E-state index contributed by atoms with van der Waals surface area (Å²) < 4.78 is 23.4. The van der Waals surface area contributed by atoms with Crippen molar-refractivity contribution in [2.75, 3.05) is 26.4 Å². The van der Waals surface area contributed by atoms with Crippen molar-refractivity contribution in [1.29, 1.82) is 0 Å². The van der Waals surface area contributed by atoms with E-state index in [1.165, 1.54) is 27.8 Å². The van der Waals surface area contributed by atoms with Gasteiger partial charge in [-0.25, -0.2) is 0 Å². The molecule has 4 nitrogen and oxygen atoms in total. The lowest BCUT2D eigenvalue weighted by Crippen LogP contribution is -2.12. The molecule has 4 heteroatoms. The Morgan fingerprint density at radius 3 is 2.07 bits per heavy atom. The van der Waals surface area contributed by atoms with Crippen molar-refractivity contribution in [3.05, 3.63) is 46.5 Å². The number of ether oxygens (including phenoxy) is 4. The molecule has 0 radical (unpaired) electrons. The molecule has 2 unspecified atom stereocenters. The molecule has 0 amide bonds. The van der Waals surface area contributed by atoms with Crippen molar-refractivity contribution in [3.63, 3.8) is 0 Å². The van der Waals surface area contributed by atoms with Gasteiger partial charge < -0.3 is 18.9 Å². The van der Waals surface area contributed by atoms with Crippen LogP contribution in [0.15, 0.2) is 24.3 Å². The molecule has 2 atom stereocenters. The van der Waals surface area contributed by atoms with E-state index in [-0.39, 0.29) is 12.2 Å². The van der Waals surface area contributed by atoms with Crippen molar-refractivity contribution >= 4 is 0 Å². The van der Waals surface area contributed by atoms with Crippen LogP contribution in [0.2, 0.25) is 0 Å². The van der Waals surface area contributed by atoms with Gasteiger partial charge in [-0.05, 0) is 55.0 Å². The molecule has 2 aromatic rings. The summed E-state index contributed by atoms with van der Waals surface area (Å²) in [6.07, 6.45) is 4.79. The van der Waals surface area contributed by atoms with Crippen LogP contribution in [-0.4, -0.2) is 38.6 Å². The average molecular weight is 411 g/mol. The van der Waals surface area contributed by atoms with Crippen LogP contribution >= 0.6 is 0 Å². The van der Waals surface area contributed by atoms with E-state index in [1.54, 1.807) is 0 Å². The Morgan fingerprint density at radius 1 is 0.833 bits per heavy atom. The lowest BCUT2D eigenvalue weighted by atomic mass is 9.84. The van der Waals surface area contributed by atoms with Crippen molar-refractivity contribution in [3.8, 4) is 22.6 Å². The van der Waals surface area contributed by atoms with E-state index < -0.39 is 0 Å². The summed E-state index contributed by atoms with van der Waals surface area (Å²) in [4.78, 5) is 0. The van der Waals surface area contributed by atoms with Crippen LogP contribution in [0.4, 0.5) is 0 Å². The second-order valence-corrected chi connectivity index (χ2v) is 8.44. The summed E-state index contributed by atoms with van der Waals surface area (Å²) in [6.45, 7) is 11.7. The molecule has 0 saturated carbocycles. The smallest absolute Gasteiger partial charge is 0.130 e. The molecule has 2 fully saturated rings. The topological polar surface area (TPSA) is 43.5 Å². The Kier molecular flexibility index (Phi) is 6.64. The first-order chi connectivity index (χ1) is 14.6. The lowest BCUT2D eigenvalue weighted by molar-refractivity contribution is 0.260. The molecule has 2 aliphatic heterocycles. The first-order valence-electron chi connectivity index (χ1n) is 11.4. The van der Waals surface area contributed by atoms with E-state index in [1.807, 2.05) is 6.07 Å². The third-order valence-corrected chi connectivity index (χ3v) is 6.05. The SMILES string of the molecule is CCCc1c(C)c(C)c(OCC2CO2)c(-c2ccccc2OCC2CO2)c1CCC. The third-order valence-electron chi connectivity index (χ3n) is 6.05. The summed E-state index contributed by atoms with van der Waals surface area (Å²) in [5.41, 5.74) is 7.80. The minimum Gasteiger partial charge on any atom is -0.490 e. The first-order valence-corrected chi connectivity index (χ1v) is 11.4. The summed E-state index contributed by atoms with van der Waals surface area (Å²) in [7, 11) is 0. The second kappa shape index (κ2) is 9.40. The zero-order valence-electron chi connectivity index (χ0n) is 18.8. The van der Waals surface area contributed by atoms with Crippen LogP contribution < -0.4 is 9.47 Å². The van der Waals surface area contributed by atoms with Crippen LogP contribution in [-0.2, 0) is 22.3 Å². The number of hydrogen-bond acceptors (Lipinski definition) is 4. The molecule has 4 rings (SSSR count). The molecule has 2 heterocycles. The van der Waals surface area contributed by atoms with Crippen LogP contribution in [0, 0.1) is 13.8 Å². The van der Waals surface area contributed by atoms with Gasteiger partial charge in [0.1, 0.15) is 36.9 Å². The highest BCUT2D eigenvalue weighted by molar-refractivity contribution is 5.82. The molecule has 0 bridgehead atoms. The quantitative estimate of drug-likeness (QED) is 0.463. The van der Waals surface area contributed by atoms with Crippen molar-refractivity contribution in [2.45, 2.75) is 65.6 Å². The molecule has 162 valence electrons. The molecule has 2 aliphatic rings. The highest BCUT2D eigenvalue weighted by atomic mass is 16.6. The monoisotopic (exact) mass is 410 g/mol. The minimum atomic E-state index is 0.223. The van der Waals surface area contributed by atoms with Crippen LogP contribution in [0.5, 0.6) is 11.5 Å². The Bertz CT molecular complexity index is 881. The average Bonchev–Trinajstić information content (AvgIpc) is 3.66. The summed E-state index contributed by atoms with van der Waals surface area (Å²) in [5.74, 6) is 1.90. The Hall–Kier alpha value is -2.04. The fourth-order valence-corrected chi connectivity index (χ4v) is 4.16. The van der Waals surface area contributed by atoms with E-state index >= 15 is 0 Å². The van der Waals surface area contributed by atoms with Gasteiger partial charge in [-0.15, -0.1) is 0 Å². The maximum absolute atomic E-state index is 6.43. The highest BCUT2D eigenvalue weighted by Crippen LogP contribution is 2.45. The number of epoxide rings is 2. The number of rotatable bonds is 11. The van der Waals surface area contributed by atoms with Gasteiger partial charge in [-0.1, -0.05) is 44.9 Å². The summed E-state index contributed by atoms with van der Waals surface area (Å²) >= 11 is 0. The first kappa shape index (κ1) is 21.2. The number of para-hydroxylation sites is 1. The van der Waals surface area contributed by atoms with Gasteiger partial charge in [0, 0.05) is 11.1 Å². The molecule has 0 spiro atoms. The normalized spacial score (nSPS) is 19.6. The van der Waals surface area contributed by atoms with E-state index in [0.29, 0.717) is 13.2 Å². The maximum atomic E-state index is 6.43. The van der Waals surface area contributed by atoms with Crippen LogP contribution in [0.25, 0.3) is 11.1 Å². The summed E-state index contributed by atoms with van der Waals surface area (Å²) in [5, 5.41) is 0. The van der Waals surface area contributed by atoms with Gasteiger partial charge in [0.25, 0.3) is 0 Å². The second-order valence-electron chi connectivity index (χ2n) is 8.44. The van der Waals surface area contributed by atoms with E-state index in [2.05, 4.69) is 45.9 Å². The van der Waals surface area contributed by atoms with E-state index in [0.717, 1.165) is 56.0 Å². The summed E-state index contributed by atoms with van der Waals surface area (Å²) in [6, 6.07) is 8.37. The number of benzene rings is 2. The molecule has 0 aromatic heterocycles. The molecule has 2 aromatic carbocycles. The molecular weight excluding hydrogens is 376 g/mol. The van der Waals surface area contributed by atoms with Gasteiger partial charge in [0.15, 0.2) is 0 Å². The van der Waals surface area contributed by atoms with Crippen LogP contribution in [0.1, 0.15) is 48.9 Å². The molecule has 0 aliphatic carbocycles. The Morgan fingerprint density at radius 2 is 1.43 bits per heavy atom. The lowest BCUT2D eigenvalue weighted by Gasteiger charge is -2.25. The van der Waals surface area contributed by atoms with E-state index in [9.17, 15) is 0 Å². The number of hydrogen-bond donors (Lipinski definition) is 0.